The van der Waals surface area contributed by atoms with Crippen LogP contribution in [-0.2, 0) is 9.47 Å². The molecule has 0 fully saturated rings. The Bertz CT molecular complexity index is 367. The number of benzene rings is 1. The summed E-state index contributed by atoms with van der Waals surface area (Å²) in [6.07, 6.45) is -0.546. The first-order valence-electron chi connectivity index (χ1n) is 7.03. The first kappa shape index (κ1) is 17.1. The highest BCUT2D eigenvalue weighted by molar-refractivity contribution is 5.16. The molecular formula is C16H27NO3. The van der Waals surface area contributed by atoms with E-state index in [1.165, 1.54) is 0 Å². The zero-order valence-electron chi connectivity index (χ0n) is 12.9. The molecule has 0 saturated carbocycles. The van der Waals surface area contributed by atoms with Gasteiger partial charge in [0.2, 0.25) is 0 Å². The van der Waals surface area contributed by atoms with Crippen molar-refractivity contribution in [3.05, 3.63) is 35.9 Å². The molecule has 0 heterocycles. The van der Waals surface area contributed by atoms with Gasteiger partial charge in [0.25, 0.3) is 0 Å². The number of ether oxygens (including phenoxy) is 2. The topological polar surface area (TPSA) is 50.7 Å². The van der Waals surface area contributed by atoms with E-state index in [1.807, 2.05) is 51.1 Å². The van der Waals surface area contributed by atoms with Gasteiger partial charge in [-0.3, -0.25) is 0 Å². The number of β-amino-alcohol motifs (C(OH)–C–C–N with tert-alkyl or cyclic N) is 1. The molecule has 1 aromatic rings. The lowest BCUT2D eigenvalue weighted by Gasteiger charge is -2.27. The fourth-order valence-corrected chi connectivity index (χ4v) is 1.94. The Labute approximate surface area is 122 Å². The molecule has 114 valence electrons. The van der Waals surface area contributed by atoms with Gasteiger partial charge in [0.15, 0.2) is 0 Å². The maximum atomic E-state index is 9.95. The normalized spacial score (nSPS) is 15.1. The van der Waals surface area contributed by atoms with Gasteiger partial charge >= 0.3 is 0 Å². The molecule has 0 amide bonds. The van der Waals surface area contributed by atoms with Crippen molar-refractivity contribution in [3.63, 3.8) is 0 Å². The van der Waals surface area contributed by atoms with Gasteiger partial charge in [-0.2, -0.15) is 0 Å². The highest BCUT2D eigenvalue weighted by Crippen LogP contribution is 2.15. The van der Waals surface area contributed by atoms with Crippen LogP contribution in [0.5, 0.6) is 0 Å². The van der Waals surface area contributed by atoms with Crippen molar-refractivity contribution in [3.8, 4) is 0 Å². The zero-order chi connectivity index (χ0) is 15.0. The van der Waals surface area contributed by atoms with Gasteiger partial charge in [0, 0.05) is 19.2 Å². The molecular weight excluding hydrogens is 254 g/mol. The molecule has 0 saturated heterocycles. The molecule has 0 spiro atoms. The summed E-state index contributed by atoms with van der Waals surface area (Å²) >= 11 is 0. The number of methoxy groups -OCH3 is 1. The Morgan fingerprint density at radius 2 is 1.90 bits per heavy atom. The first-order valence-corrected chi connectivity index (χ1v) is 7.03. The van der Waals surface area contributed by atoms with Gasteiger partial charge in [0.05, 0.1) is 25.4 Å². The summed E-state index contributed by atoms with van der Waals surface area (Å²) in [6.45, 7) is 7.46. The number of aliphatic hydroxyl groups excluding tert-OH is 1. The SMILES string of the molecule is COCC(C)(C)NCC(O)COC(C)c1ccccc1. The average molecular weight is 281 g/mol. The van der Waals surface area contributed by atoms with E-state index in [4.69, 9.17) is 9.47 Å². The molecule has 0 aliphatic carbocycles. The van der Waals surface area contributed by atoms with E-state index in [9.17, 15) is 5.11 Å². The van der Waals surface area contributed by atoms with Crippen molar-refractivity contribution in [2.75, 3.05) is 26.9 Å². The van der Waals surface area contributed by atoms with E-state index in [2.05, 4.69) is 5.32 Å². The van der Waals surface area contributed by atoms with Crippen molar-refractivity contribution in [1.29, 1.82) is 0 Å². The molecule has 0 bridgehead atoms. The molecule has 4 heteroatoms. The lowest BCUT2D eigenvalue weighted by Crippen LogP contribution is -2.47. The van der Waals surface area contributed by atoms with Crippen molar-refractivity contribution in [2.45, 2.75) is 38.5 Å². The monoisotopic (exact) mass is 281 g/mol. The summed E-state index contributed by atoms with van der Waals surface area (Å²) in [5.74, 6) is 0. The minimum Gasteiger partial charge on any atom is -0.389 e. The Morgan fingerprint density at radius 1 is 1.25 bits per heavy atom. The second-order valence-electron chi connectivity index (χ2n) is 5.74. The van der Waals surface area contributed by atoms with Crippen LogP contribution in [0.25, 0.3) is 0 Å². The van der Waals surface area contributed by atoms with Crippen LogP contribution < -0.4 is 5.32 Å². The van der Waals surface area contributed by atoms with Gasteiger partial charge in [-0.25, -0.2) is 0 Å². The van der Waals surface area contributed by atoms with E-state index < -0.39 is 6.10 Å². The lowest BCUT2D eigenvalue weighted by molar-refractivity contribution is -0.00604. The fourth-order valence-electron chi connectivity index (χ4n) is 1.94. The second-order valence-corrected chi connectivity index (χ2v) is 5.74. The number of nitrogens with one attached hydrogen (secondary N) is 1. The third kappa shape index (κ3) is 6.48. The van der Waals surface area contributed by atoms with Crippen LogP contribution >= 0.6 is 0 Å². The smallest absolute Gasteiger partial charge is 0.0898 e. The van der Waals surface area contributed by atoms with Crippen LogP contribution in [0.3, 0.4) is 0 Å². The molecule has 1 aromatic carbocycles. The lowest BCUT2D eigenvalue weighted by atomic mass is 10.1. The van der Waals surface area contributed by atoms with Crippen molar-refractivity contribution >= 4 is 0 Å². The Morgan fingerprint density at radius 3 is 2.50 bits per heavy atom. The van der Waals surface area contributed by atoms with Gasteiger partial charge in [-0.05, 0) is 26.3 Å². The summed E-state index contributed by atoms with van der Waals surface area (Å²) < 4.78 is 10.8. The van der Waals surface area contributed by atoms with Crippen molar-refractivity contribution < 1.29 is 14.6 Å². The zero-order valence-corrected chi connectivity index (χ0v) is 12.9. The Balaban J connectivity index is 2.28. The minimum absolute atomic E-state index is 0.0159. The van der Waals surface area contributed by atoms with Crippen LogP contribution in [0.1, 0.15) is 32.4 Å². The largest absolute Gasteiger partial charge is 0.389 e. The molecule has 2 N–H and O–H groups in total. The Kier molecular flexibility index (Phi) is 7.16. The predicted molar refractivity (Wildman–Crippen MR) is 80.8 cm³/mol. The summed E-state index contributed by atoms with van der Waals surface area (Å²) in [6, 6.07) is 10.0. The fraction of sp³-hybridized carbons (Fsp3) is 0.625. The maximum Gasteiger partial charge on any atom is 0.0898 e. The number of hydrogen-bond acceptors (Lipinski definition) is 4. The molecule has 2 unspecified atom stereocenters. The van der Waals surface area contributed by atoms with Crippen molar-refractivity contribution in [1.82, 2.24) is 5.32 Å². The summed E-state index contributed by atoms with van der Waals surface area (Å²) in [5.41, 5.74) is 0.966. The van der Waals surface area contributed by atoms with Crippen LogP contribution in [0.15, 0.2) is 30.3 Å². The van der Waals surface area contributed by atoms with E-state index in [1.54, 1.807) is 7.11 Å². The average Bonchev–Trinajstić information content (AvgIpc) is 2.43. The van der Waals surface area contributed by atoms with Crippen molar-refractivity contribution in [2.24, 2.45) is 0 Å². The highest BCUT2D eigenvalue weighted by Gasteiger charge is 2.18. The molecule has 1 rings (SSSR count). The molecule has 0 radical (unpaired) electrons. The van der Waals surface area contributed by atoms with Crippen LogP contribution in [0, 0.1) is 0 Å². The predicted octanol–water partition coefficient (Wildman–Crippen LogP) is 2.14. The van der Waals surface area contributed by atoms with Gasteiger partial charge in [-0.1, -0.05) is 30.3 Å². The first-order chi connectivity index (χ1) is 9.44. The standard InChI is InChI=1S/C16H27NO3/c1-13(14-8-6-5-7-9-14)20-11-15(18)10-17-16(2,3)12-19-4/h5-9,13,15,17-18H,10-12H2,1-4H3. The molecule has 2 atom stereocenters. The molecule has 20 heavy (non-hydrogen) atoms. The minimum atomic E-state index is -0.530. The summed E-state index contributed by atoms with van der Waals surface area (Å²) in [7, 11) is 1.67. The number of rotatable bonds is 9. The molecule has 0 aliphatic heterocycles. The van der Waals surface area contributed by atoms with Gasteiger partial charge in [0.1, 0.15) is 0 Å². The Hall–Kier alpha value is -0.940. The van der Waals surface area contributed by atoms with E-state index in [0.717, 1.165) is 5.56 Å². The third-order valence-corrected chi connectivity index (χ3v) is 3.13. The molecule has 4 nitrogen and oxygen atoms in total. The van der Waals surface area contributed by atoms with E-state index in [0.29, 0.717) is 19.8 Å². The third-order valence-electron chi connectivity index (χ3n) is 3.13. The second kappa shape index (κ2) is 8.37. The van der Waals surface area contributed by atoms with Gasteiger partial charge < -0.3 is 19.9 Å². The maximum absolute atomic E-state index is 9.95. The van der Waals surface area contributed by atoms with Crippen LogP contribution in [0.2, 0.25) is 0 Å². The molecule has 0 aromatic heterocycles. The van der Waals surface area contributed by atoms with Gasteiger partial charge in [-0.15, -0.1) is 0 Å². The highest BCUT2D eigenvalue weighted by atomic mass is 16.5. The van der Waals surface area contributed by atoms with E-state index >= 15 is 0 Å². The van der Waals surface area contributed by atoms with E-state index in [-0.39, 0.29) is 11.6 Å². The number of aliphatic hydroxyl groups is 1. The van der Waals surface area contributed by atoms with Crippen LogP contribution in [0.4, 0.5) is 0 Å². The van der Waals surface area contributed by atoms with Crippen LogP contribution in [-0.4, -0.2) is 43.6 Å². The summed E-state index contributed by atoms with van der Waals surface area (Å²) in [4.78, 5) is 0. The molecule has 0 aliphatic rings. The number of hydrogen-bond donors (Lipinski definition) is 2. The summed E-state index contributed by atoms with van der Waals surface area (Å²) in [5, 5.41) is 13.2. The quantitative estimate of drug-likeness (QED) is 0.728.